The predicted octanol–water partition coefficient (Wildman–Crippen LogP) is 0.753. The van der Waals surface area contributed by atoms with Crippen molar-refractivity contribution in [3.63, 3.8) is 0 Å². The van der Waals surface area contributed by atoms with Gasteiger partial charge in [0.15, 0.2) is 0 Å². The van der Waals surface area contributed by atoms with Crippen LogP contribution in [0.25, 0.3) is 0 Å². The number of hydrogen-bond donors (Lipinski definition) is 2. The lowest BCUT2D eigenvalue weighted by Gasteiger charge is -2.21. The van der Waals surface area contributed by atoms with Gasteiger partial charge in [-0.15, -0.1) is 0 Å². The van der Waals surface area contributed by atoms with Gasteiger partial charge < -0.3 is 11.1 Å². The Morgan fingerprint density at radius 3 is 2.75 bits per heavy atom. The molecule has 1 aliphatic rings. The SMILES string of the molecule is CCCN=C(N)C1CCNCC1. The van der Waals surface area contributed by atoms with Gasteiger partial charge in [-0.1, -0.05) is 6.92 Å². The van der Waals surface area contributed by atoms with Crippen molar-refractivity contribution in [3.8, 4) is 0 Å². The minimum absolute atomic E-state index is 0.540. The van der Waals surface area contributed by atoms with E-state index in [1.165, 1.54) is 0 Å². The number of nitrogens with zero attached hydrogens (tertiary/aromatic N) is 1. The van der Waals surface area contributed by atoms with Gasteiger partial charge in [0.25, 0.3) is 0 Å². The fourth-order valence-corrected chi connectivity index (χ4v) is 1.49. The molecular formula is C9H19N3. The molecule has 1 saturated heterocycles. The van der Waals surface area contributed by atoms with E-state index in [-0.39, 0.29) is 0 Å². The van der Waals surface area contributed by atoms with Gasteiger partial charge in [-0.3, -0.25) is 4.99 Å². The van der Waals surface area contributed by atoms with Crippen LogP contribution in [0.5, 0.6) is 0 Å². The largest absolute Gasteiger partial charge is 0.387 e. The Hall–Kier alpha value is -0.570. The Morgan fingerprint density at radius 1 is 1.50 bits per heavy atom. The van der Waals surface area contributed by atoms with Crippen molar-refractivity contribution in [2.75, 3.05) is 19.6 Å². The minimum atomic E-state index is 0.540. The molecule has 1 fully saturated rings. The normalized spacial score (nSPS) is 21.2. The Morgan fingerprint density at radius 2 is 2.17 bits per heavy atom. The zero-order valence-corrected chi connectivity index (χ0v) is 7.84. The number of piperidine rings is 1. The molecule has 1 aliphatic heterocycles. The first-order valence-electron chi connectivity index (χ1n) is 4.85. The van der Waals surface area contributed by atoms with Crippen molar-refractivity contribution in [3.05, 3.63) is 0 Å². The number of aliphatic imine (C=N–C) groups is 1. The number of nitrogens with one attached hydrogen (secondary N) is 1. The van der Waals surface area contributed by atoms with Crippen LogP contribution < -0.4 is 11.1 Å². The van der Waals surface area contributed by atoms with Crippen molar-refractivity contribution in [1.82, 2.24) is 5.32 Å². The summed E-state index contributed by atoms with van der Waals surface area (Å²) in [5, 5.41) is 3.32. The third-order valence-electron chi connectivity index (χ3n) is 2.28. The molecule has 0 aromatic rings. The second kappa shape index (κ2) is 5.14. The fraction of sp³-hybridized carbons (Fsp3) is 0.889. The van der Waals surface area contributed by atoms with Crippen molar-refractivity contribution in [2.24, 2.45) is 16.6 Å². The summed E-state index contributed by atoms with van der Waals surface area (Å²) in [6, 6.07) is 0. The maximum Gasteiger partial charge on any atom is 0.0969 e. The summed E-state index contributed by atoms with van der Waals surface area (Å²) in [4.78, 5) is 4.33. The molecule has 0 spiro atoms. The Bertz CT molecular complexity index is 148. The monoisotopic (exact) mass is 169 g/mol. The molecule has 3 N–H and O–H groups in total. The second-order valence-electron chi connectivity index (χ2n) is 3.33. The van der Waals surface area contributed by atoms with Gasteiger partial charge in [0, 0.05) is 12.5 Å². The van der Waals surface area contributed by atoms with Crippen molar-refractivity contribution in [2.45, 2.75) is 26.2 Å². The average Bonchev–Trinajstić information content (AvgIpc) is 2.15. The van der Waals surface area contributed by atoms with Gasteiger partial charge in [-0.25, -0.2) is 0 Å². The molecule has 0 unspecified atom stereocenters. The Labute approximate surface area is 74.4 Å². The van der Waals surface area contributed by atoms with E-state index in [9.17, 15) is 0 Å². The van der Waals surface area contributed by atoms with Gasteiger partial charge in [0.1, 0.15) is 0 Å². The zero-order valence-electron chi connectivity index (χ0n) is 7.84. The maximum absolute atomic E-state index is 5.86. The lowest BCUT2D eigenvalue weighted by atomic mass is 9.97. The van der Waals surface area contributed by atoms with Crippen LogP contribution in [-0.2, 0) is 0 Å². The fourth-order valence-electron chi connectivity index (χ4n) is 1.49. The van der Waals surface area contributed by atoms with E-state index >= 15 is 0 Å². The van der Waals surface area contributed by atoms with Crippen LogP contribution >= 0.6 is 0 Å². The van der Waals surface area contributed by atoms with Gasteiger partial charge in [0.2, 0.25) is 0 Å². The molecule has 12 heavy (non-hydrogen) atoms. The smallest absolute Gasteiger partial charge is 0.0969 e. The number of nitrogens with two attached hydrogens (primary N) is 1. The molecule has 0 saturated carbocycles. The molecule has 0 aromatic carbocycles. The van der Waals surface area contributed by atoms with Crippen molar-refractivity contribution in [1.29, 1.82) is 0 Å². The summed E-state index contributed by atoms with van der Waals surface area (Å²) in [6.07, 6.45) is 3.39. The first-order valence-corrected chi connectivity index (χ1v) is 4.85. The van der Waals surface area contributed by atoms with Crippen LogP contribution in [0.4, 0.5) is 0 Å². The third-order valence-corrected chi connectivity index (χ3v) is 2.28. The minimum Gasteiger partial charge on any atom is -0.387 e. The predicted molar refractivity (Wildman–Crippen MR) is 52.4 cm³/mol. The summed E-state index contributed by atoms with van der Waals surface area (Å²) >= 11 is 0. The van der Waals surface area contributed by atoms with E-state index in [1.54, 1.807) is 0 Å². The molecule has 0 aliphatic carbocycles. The summed E-state index contributed by atoms with van der Waals surface area (Å²) in [5.74, 6) is 1.41. The van der Waals surface area contributed by atoms with Crippen molar-refractivity contribution >= 4 is 5.84 Å². The van der Waals surface area contributed by atoms with Crippen LogP contribution in [0.15, 0.2) is 4.99 Å². The van der Waals surface area contributed by atoms with Gasteiger partial charge in [-0.2, -0.15) is 0 Å². The summed E-state index contributed by atoms with van der Waals surface area (Å²) < 4.78 is 0. The first kappa shape index (κ1) is 9.52. The molecular weight excluding hydrogens is 150 g/mol. The molecule has 70 valence electrons. The number of rotatable bonds is 3. The number of amidine groups is 1. The molecule has 3 nitrogen and oxygen atoms in total. The van der Waals surface area contributed by atoms with E-state index in [1.807, 2.05) is 0 Å². The van der Waals surface area contributed by atoms with Gasteiger partial charge in [0.05, 0.1) is 5.84 Å². The molecule has 1 rings (SSSR count). The van der Waals surface area contributed by atoms with E-state index < -0.39 is 0 Å². The summed E-state index contributed by atoms with van der Waals surface area (Å²) in [7, 11) is 0. The Balaban J connectivity index is 2.33. The molecule has 0 amide bonds. The highest BCUT2D eigenvalue weighted by atomic mass is 14.9. The summed E-state index contributed by atoms with van der Waals surface area (Å²) in [5.41, 5.74) is 5.86. The topological polar surface area (TPSA) is 50.4 Å². The third kappa shape index (κ3) is 2.81. The quantitative estimate of drug-likeness (QED) is 0.484. The van der Waals surface area contributed by atoms with Crippen LogP contribution in [-0.4, -0.2) is 25.5 Å². The van der Waals surface area contributed by atoms with Crippen LogP contribution in [0.3, 0.4) is 0 Å². The Kier molecular flexibility index (Phi) is 4.08. The highest BCUT2D eigenvalue weighted by molar-refractivity contribution is 5.82. The standard InChI is InChI=1S/C9H19N3/c1-2-5-12-9(10)8-3-6-11-7-4-8/h8,11H,2-7H2,1H3,(H2,10,12). The van der Waals surface area contributed by atoms with Crippen LogP contribution in [0.1, 0.15) is 26.2 Å². The molecule has 1 heterocycles. The lowest BCUT2D eigenvalue weighted by Crippen LogP contribution is -2.35. The van der Waals surface area contributed by atoms with E-state index in [4.69, 9.17) is 5.73 Å². The highest BCUT2D eigenvalue weighted by Gasteiger charge is 2.15. The molecule has 0 radical (unpaired) electrons. The van der Waals surface area contributed by atoms with E-state index in [0.717, 1.165) is 44.7 Å². The zero-order chi connectivity index (χ0) is 8.81. The van der Waals surface area contributed by atoms with Gasteiger partial charge >= 0.3 is 0 Å². The summed E-state index contributed by atoms with van der Waals surface area (Å²) in [6.45, 7) is 5.19. The van der Waals surface area contributed by atoms with Crippen LogP contribution in [0, 0.1) is 5.92 Å². The average molecular weight is 169 g/mol. The van der Waals surface area contributed by atoms with Crippen LogP contribution in [0.2, 0.25) is 0 Å². The highest BCUT2D eigenvalue weighted by Crippen LogP contribution is 2.11. The van der Waals surface area contributed by atoms with Crippen molar-refractivity contribution < 1.29 is 0 Å². The van der Waals surface area contributed by atoms with Gasteiger partial charge in [-0.05, 0) is 32.4 Å². The maximum atomic E-state index is 5.86. The molecule has 0 aromatic heterocycles. The van der Waals surface area contributed by atoms with E-state index in [0.29, 0.717) is 5.92 Å². The second-order valence-corrected chi connectivity index (χ2v) is 3.33. The lowest BCUT2D eigenvalue weighted by molar-refractivity contribution is 0.453. The molecule has 0 atom stereocenters. The number of hydrogen-bond acceptors (Lipinski definition) is 2. The molecule has 0 bridgehead atoms. The first-order chi connectivity index (χ1) is 5.84. The molecule has 3 heteroatoms. The van der Waals surface area contributed by atoms with E-state index in [2.05, 4.69) is 17.2 Å².